The first-order chi connectivity index (χ1) is 16.9. The Hall–Kier alpha value is -4.47. The number of carbonyl (C=O) groups is 1. The van der Waals surface area contributed by atoms with Crippen LogP contribution in [-0.2, 0) is 11.2 Å². The van der Waals surface area contributed by atoms with E-state index in [1.807, 2.05) is 36.4 Å². The fraction of sp³-hybridized carbons (Fsp3) is 0.200. The summed E-state index contributed by atoms with van der Waals surface area (Å²) in [7, 11) is 0. The number of hydrogen-bond acceptors (Lipinski definition) is 7. The summed E-state index contributed by atoms with van der Waals surface area (Å²) >= 11 is 6.46. The number of ether oxygens (including phenoxy) is 2. The molecule has 0 unspecified atom stereocenters. The van der Waals surface area contributed by atoms with E-state index >= 15 is 0 Å². The van der Waals surface area contributed by atoms with Crippen molar-refractivity contribution in [1.82, 2.24) is 10.3 Å². The van der Waals surface area contributed by atoms with Crippen molar-refractivity contribution < 1.29 is 14.3 Å². The fourth-order valence-electron chi connectivity index (χ4n) is 3.41. The van der Waals surface area contributed by atoms with Crippen LogP contribution in [0, 0.1) is 22.7 Å². The van der Waals surface area contributed by atoms with Crippen molar-refractivity contribution >= 4 is 23.3 Å². The third-order valence-electron chi connectivity index (χ3n) is 5.01. The molecule has 1 aromatic heterocycles. The Morgan fingerprint density at radius 2 is 1.80 bits per heavy atom. The van der Waals surface area contributed by atoms with E-state index in [-0.39, 0.29) is 63.7 Å². The molecule has 3 rings (SSSR count). The molecular formula is C25H22ClN5O4. The summed E-state index contributed by atoms with van der Waals surface area (Å²) in [4.78, 5) is 26.8. The van der Waals surface area contributed by atoms with Crippen molar-refractivity contribution in [2.45, 2.75) is 13.3 Å². The fourth-order valence-corrected chi connectivity index (χ4v) is 3.65. The largest absolute Gasteiger partial charge is 0.490 e. The summed E-state index contributed by atoms with van der Waals surface area (Å²) in [6.07, 6.45) is 0.680. The summed E-state index contributed by atoms with van der Waals surface area (Å²) in [5, 5.41) is 21.9. The van der Waals surface area contributed by atoms with Crippen LogP contribution >= 0.6 is 11.6 Å². The van der Waals surface area contributed by atoms with Crippen molar-refractivity contribution in [1.29, 1.82) is 10.5 Å². The van der Waals surface area contributed by atoms with Gasteiger partial charge in [-0.2, -0.15) is 10.5 Å². The van der Waals surface area contributed by atoms with Gasteiger partial charge in [0.1, 0.15) is 29.1 Å². The molecule has 0 fully saturated rings. The molecule has 1 amide bonds. The monoisotopic (exact) mass is 491 g/mol. The van der Waals surface area contributed by atoms with Crippen LogP contribution < -0.4 is 26.1 Å². The molecule has 9 nitrogen and oxygen atoms in total. The van der Waals surface area contributed by atoms with E-state index in [1.54, 1.807) is 13.0 Å². The van der Waals surface area contributed by atoms with Crippen LogP contribution in [0.3, 0.4) is 0 Å². The normalized spacial score (nSPS) is 10.2. The summed E-state index contributed by atoms with van der Waals surface area (Å²) in [6, 6.07) is 16.3. The number of nitrogen functional groups attached to an aromatic ring is 1. The van der Waals surface area contributed by atoms with Crippen LogP contribution in [-0.4, -0.2) is 30.6 Å². The maximum atomic E-state index is 12.3. The average Bonchev–Trinajstić information content (AvgIpc) is 2.84. The number of hydrogen-bond donors (Lipinski definition) is 3. The van der Waals surface area contributed by atoms with Gasteiger partial charge in [0, 0.05) is 23.7 Å². The van der Waals surface area contributed by atoms with E-state index in [0.29, 0.717) is 13.0 Å². The molecule has 0 atom stereocenters. The minimum Gasteiger partial charge on any atom is -0.490 e. The number of rotatable bonds is 9. The summed E-state index contributed by atoms with van der Waals surface area (Å²) in [6.45, 7) is 2.17. The number of anilines is 1. The lowest BCUT2D eigenvalue weighted by Gasteiger charge is -2.16. The molecule has 0 aliphatic carbocycles. The number of halogens is 1. The zero-order valence-electron chi connectivity index (χ0n) is 18.9. The minimum absolute atomic E-state index is 0.00703. The van der Waals surface area contributed by atoms with Crippen LogP contribution in [0.5, 0.6) is 11.5 Å². The van der Waals surface area contributed by atoms with Crippen LogP contribution in [0.4, 0.5) is 5.82 Å². The van der Waals surface area contributed by atoms with Crippen molar-refractivity contribution in [2.75, 3.05) is 25.5 Å². The number of nitrogens with one attached hydrogen (secondary N) is 2. The Kier molecular flexibility index (Phi) is 8.33. The predicted molar refractivity (Wildman–Crippen MR) is 131 cm³/mol. The van der Waals surface area contributed by atoms with Gasteiger partial charge in [-0.1, -0.05) is 41.9 Å². The highest BCUT2D eigenvalue weighted by molar-refractivity contribution is 6.33. The van der Waals surface area contributed by atoms with Crippen LogP contribution in [0.1, 0.15) is 23.6 Å². The average molecular weight is 492 g/mol. The number of pyridine rings is 1. The van der Waals surface area contributed by atoms with Crippen LogP contribution in [0.25, 0.3) is 11.1 Å². The van der Waals surface area contributed by atoms with E-state index in [0.717, 1.165) is 5.56 Å². The number of H-pyrrole nitrogens is 1. The van der Waals surface area contributed by atoms with Gasteiger partial charge >= 0.3 is 0 Å². The summed E-state index contributed by atoms with van der Waals surface area (Å²) in [5.41, 5.74) is 5.92. The molecule has 0 aliphatic rings. The smallest absolute Gasteiger partial charge is 0.268 e. The van der Waals surface area contributed by atoms with Gasteiger partial charge in [-0.05, 0) is 25.0 Å². The van der Waals surface area contributed by atoms with Gasteiger partial charge in [-0.15, -0.1) is 0 Å². The summed E-state index contributed by atoms with van der Waals surface area (Å²) in [5.74, 6) is -0.109. The lowest BCUT2D eigenvalue weighted by molar-refractivity contribution is -0.123. The second kappa shape index (κ2) is 11.6. The van der Waals surface area contributed by atoms with Gasteiger partial charge in [-0.25, -0.2) is 0 Å². The number of aromatic nitrogens is 1. The van der Waals surface area contributed by atoms with Gasteiger partial charge in [-0.3, -0.25) is 9.59 Å². The molecule has 178 valence electrons. The lowest BCUT2D eigenvalue weighted by Crippen LogP contribution is -2.30. The zero-order valence-corrected chi connectivity index (χ0v) is 19.6. The first kappa shape index (κ1) is 25.2. The first-order valence-electron chi connectivity index (χ1n) is 10.7. The van der Waals surface area contributed by atoms with Crippen molar-refractivity contribution in [3.05, 3.63) is 74.5 Å². The molecule has 1 heterocycles. The number of amides is 1. The number of nitrogens with two attached hydrogens (primary N) is 1. The molecule has 0 radical (unpaired) electrons. The maximum absolute atomic E-state index is 12.3. The number of benzene rings is 2. The highest BCUT2D eigenvalue weighted by atomic mass is 35.5. The molecule has 2 aromatic carbocycles. The van der Waals surface area contributed by atoms with Crippen LogP contribution in [0.15, 0.2) is 47.3 Å². The number of carbonyl (C=O) groups excluding carboxylic acids is 1. The van der Waals surface area contributed by atoms with Gasteiger partial charge < -0.3 is 25.5 Å². The number of aromatic amines is 1. The van der Waals surface area contributed by atoms with E-state index in [9.17, 15) is 20.1 Å². The molecule has 10 heteroatoms. The number of nitrogens with zero attached hydrogens (tertiary/aromatic N) is 2. The second-order valence-electron chi connectivity index (χ2n) is 7.30. The Labute approximate surface area is 206 Å². The van der Waals surface area contributed by atoms with Gasteiger partial charge in [0.15, 0.2) is 18.1 Å². The van der Waals surface area contributed by atoms with E-state index in [2.05, 4.69) is 10.3 Å². The van der Waals surface area contributed by atoms with E-state index in [1.165, 1.54) is 12.1 Å². The third kappa shape index (κ3) is 5.91. The molecule has 3 aromatic rings. The van der Waals surface area contributed by atoms with Gasteiger partial charge in [0.2, 0.25) is 0 Å². The predicted octanol–water partition coefficient (Wildman–Crippen LogP) is 3.16. The van der Waals surface area contributed by atoms with Gasteiger partial charge in [0.25, 0.3) is 11.5 Å². The molecule has 0 spiro atoms. The lowest BCUT2D eigenvalue weighted by atomic mass is 9.96. The molecule has 0 aliphatic heterocycles. The van der Waals surface area contributed by atoms with E-state index < -0.39 is 5.56 Å². The SMILES string of the molecule is CCOc1cc(-c2c(C#N)c(N)[nH]c(=O)c2C#N)c(Cl)cc1OCC(=O)NCCc1ccccc1. The Morgan fingerprint density at radius 3 is 2.46 bits per heavy atom. The Morgan fingerprint density at radius 1 is 1.11 bits per heavy atom. The molecule has 0 bridgehead atoms. The molecule has 4 N–H and O–H groups in total. The van der Waals surface area contributed by atoms with Crippen molar-refractivity contribution in [3.63, 3.8) is 0 Å². The van der Waals surface area contributed by atoms with Crippen LogP contribution in [0.2, 0.25) is 5.02 Å². The molecule has 0 saturated heterocycles. The standard InChI is InChI=1S/C25H22ClN5O4/c1-2-34-20-10-16(23-17(12-27)24(29)31-25(33)18(23)13-28)19(26)11-21(20)35-14-22(32)30-9-8-15-6-4-3-5-7-15/h3-7,10-11H,2,8-9,14H2,1H3,(H,30,32)(H3,29,31,33). The maximum Gasteiger partial charge on any atom is 0.268 e. The summed E-state index contributed by atoms with van der Waals surface area (Å²) < 4.78 is 11.3. The van der Waals surface area contributed by atoms with Crippen molar-refractivity contribution in [2.24, 2.45) is 0 Å². The van der Waals surface area contributed by atoms with Crippen molar-refractivity contribution in [3.8, 4) is 34.8 Å². The molecule has 35 heavy (non-hydrogen) atoms. The number of nitriles is 2. The Balaban J connectivity index is 1.84. The van der Waals surface area contributed by atoms with E-state index in [4.69, 9.17) is 26.8 Å². The molecule has 0 saturated carbocycles. The van der Waals surface area contributed by atoms with Gasteiger partial charge in [0.05, 0.1) is 11.6 Å². The zero-order chi connectivity index (χ0) is 25.4. The minimum atomic E-state index is -0.750. The second-order valence-corrected chi connectivity index (χ2v) is 7.71. The highest BCUT2D eigenvalue weighted by Gasteiger charge is 2.22. The third-order valence-corrected chi connectivity index (χ3v) is 5.32. The quantitative estimate of drug-likeness (QED) is 0.415. The topological polar surface area (TPSA) is 154 Å². The molecular weight excluding hydrogens is 470 g/mol. The first-order valence-corrected chi connectivity index (χ1v) is 11.0. The highest BCUT2D eigenvalue weighted by Crippen LogP contribution is 2.41. The Bertz CT molecular complexity index is 1370.